The molecule has 0 aliphatic carbocycles. The summed E-state index contributed by atoms with van der Waals surface area (Å²) in [7, 11) is 0. The standard InChI is InChI=1S/C25H26N4O3/c30-24-22-21(26-13-15-32-16-14-26)17-20(18-7-3-1-4-8-18)27-11-12-28(23(22)27)25(31)29(24)19-9-5-2-6-10-19/h1-10,20-21H,11-17H2/t20-,21-/m0/s1. The highest BCUT2D eigenvalue weighted by molar-refractivity contribution is 5.57. The fourth-order valence-electron chi connectivity index (χ4n) is 5.55. The number of ether oxygens (including phenoxy) is 1. The van der Waals surface area contributed by atoms with Crippen molar-refractivity contribution in [3.8, 4) is 5.69 Å². The molecule has 0 spiro atoms. The largest absolute Gasteiger partial charge is 0.379 e. The van der Waals surface area contributed by atoms with E-state index in [4.69, 9.17) is 4.74 Å². The van der Waals surface area contributed by atoms with Crippen molar-refractivity contribution in [2.75, 3.05) is 37.7 Å². The van der Waals surface area contributed by atoms with E-state index in [1.807, 2.05) is 41.0 Å². The van der Waals surface area contributed by atoms with Crippen molar-refractivity contribution in [3.63, 3.8) is 0 Å². The monoisotopic (exact) mass is 430 g/mol. The smallest absolute Gasteiger partial charge is 0.337 e. The summed E-state index contributed by atoms with van der Waals surface area (Å²) >= 11 is 0. The Bertz CT molecular complexity index is 1250. The number of para-hydroxylation sites is 1. The molecule has 1 fully saturated rings. The Balaban J connectivity index is 1.59. The Labute approximate surface area is 186 Å². The van der Waals surface area contributed by atoms with Gasteiger partial charge in [-0.1, -0.05) is 48.5 Å². The highest BCUT2D eigenvalue weighted by Gasteiger charge is 2.43. The second-order valence-electron chi connectivity index (χ2n) is 8.67. The summed E-state index contributed by atoms with van der Waals surface area (Å²) in [6.07, 6.45) is 0.819. The predicted octanol–water partition coefficient (Wildman–Crippen LogP) is 2.34. The van der Waals surface area contributed by atoms with E-state index in [1.165, 1.54) is 10.1 Å². The fourth-order valence-corrected chi connectivity index (χ4v) is 5.55. The van der Waals surface area contributed by atoms with Crippen LogP contribution in [0.3, 0.4) is 0 Å². The van der Waals surface area contributed by atoms with Crippen molar-refractivity contribution < 1.29 is 4.74 Å². The lowest BCUT2D eigenvalue weighted by Crippen LogP contribution is -2.49. The number of rotatable bonds is 3. The second kappa shape index (κ2) is 7.76. The molecular weight excluding hydrogens is 404 g/mol. The van der Waals surface area contributed by atoms with Gasteiger partial charge in [-0.05, 0) is 24.1 Å². The van der Waals surface area contributed by atoms with Gasteiger partial charge in [0.15, 0.2) is 0 Å². The number of morpholine rings is 1. The zero-order valence-electron chi connectivity index (χ0n) is 17.9. The van der Waals surface area contributed by atoms with Crippen molar-refractivity contribution >= 4 is 5.82 Å². The molecule has 0 radical (unpaired) electrons. The number of nitrogens with zero attached hydrogens (tertiary/aromatic N) is 4. The van der Waals surface area contributed by atoms with Crippen LogP contribution in [0, 0.1) is 0 Å². The number of hydrogen-bond donors (Lipinski definition) is 0. The number of aromatic nitrogens is 2. The highest BCUT2D eigenvalue weighted by atomic mass is 16.5. The van der Waals surface area contributed by atoms with E-state index in [0.717, 1.165) is 37.4 Å². The number of benzene rings is 2. The second-order valence-corrected chi connectivity index (χ2v) is 8.67. The zero-order valence-corrected chi connectivity index (χ0v) is 17.9. The van der Waals surface area contributed by atoms with Crippen LogP contribution in [-0.4, -0.2) is 46.9 Å². The number of anilines is 1. The molecule has 1 aromatic heterocycles. The Kier molecular flexibility index (Phi) is 4.73. The maximum absolute atomic E-state index is 13.9. The third-order valence-corrected chi connectivity index (χ3v) is 7.03. The van der Waals surface area contributed by atoms with E-state index in [2.05, 4.69) is 34.1 Å². The quantitative estimate of drug-likeness (QED) is 0.638. The molecule has 7 heteroatoms. The lowest BCUT2D eigenvalue weighted by molar-refractivity contribution is 0.0110. The molecule has 3 aromatic rings. The maximum Gasteiger partial charge on any atom is 0.337 e. The Hall–Kier alpha value is -3.16. The SMILES string of the molecule is O=c1c2c3n(c(=O)n1-c1ccccc1)CCN3[C@H](c1ccccc1)C[C@@H]2N1CCOCC1. The third kappa shape index (κ3) is 2.96. The summed E-state index contributed by atoms with van der Waals surface area (Å²) in [5.41, 5.74) is 2.15. The van der Waals surface area contributed by atoms with Gasteiger partial charge in [-0.15, -0.1) is 0 Å². The molecule has 2 atom stereocenters. The van der Waals surface area contributed by atoms with Crippen LogP contribution in [0.5, 0.6) is 0 Å². The maximum atomic E-state index is 13.9. The van der Waals surface area contributed by atoms with Gasteiger partial charge in [-0.2, -0.15) is 0 Å². The average molecular weight is 431 g/mol. The van der Waals surface area contributed by atoms with Gasteiger partial charge in [0.2, 0.25) is 0 Å². The molecule has 0 bridgehead atoms. The van der Waals surface area contributed by atoms with Crippen molar-refractivity contribution in [2.24, 2.45) is 0 Å². The Morgan fingerprint density at radius 3 is 2.19 bits per heavy atom. The molecule has 32 heavy (non-hydrogen) atoms. The summed E-state index contributed by atoms with van der Waals surface area (Å²) in [6.45, 7) is 4.23. The Morgan fingerprint density at radius 2 is 1.47 bits per heavy atom. The van der Waals surface area contributed by atoms with E-state index < -0.39 is 0 Å². The lowest BCUT2D eigenvalue weighted by Gasteiger charge is -2.44. The van der Waals surface area contributed by atoms with Crippen LogP contribution in [0.25, 0.3) is 5.69 Å². The van der Waals surface area contributed by atoms with Gasteiger partial charge in [0.05, 0.1) is 30.5 Å². The van der Waals surface area contributed by atoms with E-state index >= 15 is 0 Å². The average Bonchev–Trinajstić information content (AvgIpc) is 3.30. The summed E-state index contributed by atoms with van der Waals surface area (Å²) in [6, 6.07) is 19.8. The minimum Gasteiger partial charge on any atom is -0.379 e. The fraction of sp³-hybridized carbons (Fsp3) is 0.360. The van der Waals surface area contributed by atoms with Crippen LogP contribution in [0.1, 0.15) is 29.6 Å². The zero-order chi connectivity index (χ0) is 21.7. The molecule has 6 rings (SSSR count). The molecule has 3 aliphatic heterocycles. The van der Waals surface area contributed by atoms with Crippen molar-refractivity contribution in [1.29, 1.82) is 0 Å². The molecule has 3 aliphatic rings. The van der Waals surface area contributed by atoms with Crippen LogP contribution >= 0.6 is 0 Å². The predicted molar refractivity (Wildman–Crippen MR) is 123 cm³/mol. The lowest BCUT2D eigenvalue weighted by atomic mass is 9.89. The molecular formula is C25H26N4O3. The molecule has 0 N–H and O–H groups in total. The van der Waals surface area contributed by atoms with Crippen LogP contribution in [0.15, 0.2) is 70.3 Å². The molecule has 0 unspecified atom stereocenters. The van der Waals surface area contributed by atoms with E-state index in [0.29, 0.717) is 25.4 Å². The first kappa shape index (κ1) is 19.5. The molecule has 7 nitrogen and oxygen atoms in total. The van der Waals surface area contributed by atoms with E-state index in [-0.39, 0.29) is 23.3 Å². The molecule has 2 aromatic carbocycles. The van der Waals surface area contributed by atoms with E-state index in [9.17, 15) is 9.59 Å². The van der Waals surface area contributed by atoms with Crippen LogP contribution in [0.2, 0.25) is 0 Å². The van der Waals surface area contributed by atoms with Gasteiger partial charge in [0.25, 0.3) is 5.56 Å². The van der Waals surface area contributed by atoms with Gasteiger partial charge in [-0.3, -0.25) is 14.3 Å². The normalized spacial score (nSPS) is 22.7. The van der Waals surface area contributed by atoms with Gasteiger partial charge >= 0.3 is 5.69 Å². The minimum absolute atomic E-state index is 0.0530. The van der Waals surface area contributed by atoms with Gasteiger partial charge in [0.1, 0.15) is 5.82 Å². The first-order valence-corrected chi connectivity index (χ1v) is 11.3. The Morgan fingerprint density at radius 1 is 0.781 bits per heavy atom. The molecule has 164 valence electrons. The van der Waals surface area contributed by atoms with Crippen molar-refractivity contribution in [3.05, 3.63) is 92.6 Å². The van der Waals surface area contributed by atoms with Crippen molar-refractivity contribution in [2.45, 2.75) is 25.0 Å². The molecule has 0 amide bonds. The van der Waals surface area contributed by atoms with Gasteiger partial charge < -0.3 is 9.64 Å². The highest BCUT2D eigenvalue weighted by Crippen LogP contribution is 2.46. The summed E-state index contributed by atoms with van der Waals surface area (Å²) < 4.78 is 8.77. The van der Waals surface area contributed by atoms with Gasteiger partial charge in [-0.25, -0.2) is 9.36 Å². The minimum atomic E-state index is -0.253. The summed E-state index contributed by atoms with van der Waals surface area (Å²) in [5, 5.41) is 0. The van der Waals surface area contributed by atoms with E-state index in [1.54, 1.807) is 0 Å². The van der Waals surface area contributed by atoms with Gasteiger partial charge in [0, 0.05) is 32.2 Å². The third-order valence-electron chi connectivity index (χ3n) is 7.03. The van der Waals surface area contributed by atoms with Crippen molar-refractivity contribution in [1.82, 2.24) is 14.0 Å². The van der Waals surface area contributed by atoms with Crippen LogP contribution in [-0.2, 0) is 11.3 Å². The molecule has 0 saturated carbocycles. The molecule has 1 saturated heterocycles. The summed E-state index contributed by atoms with van der Waals surface area (Å²) in [4.78, 5) is 32.1. The summed E-state index contributed by atoms with van der Waals surface area (Å²) in [5.74, 6) is 0.809. The topological polar surface area (TPSA) is 59.7 Å². The van der Waals surface area contributed by atoms with Crippen LogP contribution in [0.4, 0.5) is 5.82 Å². The molecule has 4 heterocycles. The first-order chi connectivity index (χ1) is 15.7. The number of hydrogen-bond acceptors (Lipinski definition) is 5. The van der Waals surface area contributed by atoms with Crippen LogP contribution < -0.4 is 16.1 Å². The first-order valence-electron chi connectivity index (χ1n) is 11.3.